The first-order valence-corrected chi connectivity index (χ1v) is 13.0. The van der Waals surface area contributed by atoms with E-state index < -0.39 is 26.9 Å². The van der Waals surface area contributed by atoms with Crippen LogP contribution >= 0.6 is 0 Å². The van der Waals surface area contributed by atoms with E-state index in [1.807, 2.05) is 32.1 Å². The molecule has 0 aliphatic heterocycles. The van der Waals surface area contributed by atoms with Gasteiger partial charge in [0.05, 0.1) is 16.1 Å². The van der Waals surface area contributed by atoms with E-state index in [1.165, 1.54) is 0 Å². The molecule has 2 unspecified atom stereocenters. The van der Waals surface area contributed by atoms with Crippen molar-refractivity contribution in [2.75, 3.05) is 0 Å². The molecule has 34 heavy (non-hydrogen) atoms. The molecule has 3 aromatic rings. The van der Waals surface area contributed by atoms with E-state index in [4.69, 9.17) is 0 Å². The van der Waals surface area contributed by atoms with Gasteiger partial charge in [-0.2, -0.15) is 0 Å². The Bertz CT molecular complexity index is 1240. The van der Waals surface area contributed by atoms with Gasteiger partial charge in [-0.05, 0) is 30.4 Å². The molecule has 0 saturated heterocycles. The average molecular weight is 473 g/mol. The van der Waals surface area contributed by atoms with Gasteiger partial charge in [-0.3, -0.25) is 9.59 Å². The van der Waals surface area contributed by atoms with E-state index in [2.05, 4.69) is 0 Å². The van der Waals surface area contributed by atoms with Gasteiger partial charge < -0.3 is 0 Å². The van der Waals surface area contributed by atoms with Gasteiger partial charge in [0.15, 0.2) is 21.4 Å². The molecule has 0 saturated carbocycles. The topological polar surface area (TPSA) is 68.3 Å². The number of rotatable bonds is 8. The van der Waals surface area contributed by atoms with Crippen LogP contribution in [0.4, 0.5) is 0 Å². The van der Waals surface area contributed by atoms with Gasteiger partial charge in [-0.25, -0.2) is 8.42 Å². The highest BCUT2D eigenvalue weighted by molar-refractivity contribution is 7.92. The molecule has 4 rings (SSSR count). The van der Waals surface area contributed by atoms with Crippen LogP contribution in [0.3, 0.4) is 0 Å². The Balaban J connectivity index is 1.77. The highest BCUT2D eigenvalue weighted by Crippen LogP contribution is 2.41. The van der Waals surface area contributed by atoms with Crippen LogP contribution in [0.25, 0.3) is 0 Å². The van der Waals surface area contributed by atoms with Crippen molar-refractivity contribution in [1.29, 1.82) is 0 Å². The Morgan fingerprint density at radius 3 is 1.62 bits per heavy atom. The minimum atomic E-state index is -3.67. The van der Waals surface area contributed by atoms with Gasteiger partial charge in [0.25, 0.3) is 0 Å². The van der Waals surface area contributed by atoms with E-state index in [-0.39, 0.29) is 28.8 Å². The molecule has 2 atom stereocenters. The molecule has 5 heteroatoms. The number of benzene rings is 3. The summed E-state index contributed by atoms with van der Waals surface area (Å²) in [6, 6.07) is 25.9. The van der Waals surface area contributed by atoms with Crippen molar-refractivity contribution < 1.29 is 18.0 Å². The maximum atomic E-state index is 13.6. The second-order valence-corrected chi connectivity index (χ2v) is 11.1. The lowest BCUT2D eigenvalue weighted by Crippen LogP contribution is -2.32. The van der Waals surface area contributed by atoms with Crippen LogP contribution in [-0.4, -0.2) is 25.2 Å². The zero-order valence-electron chi connectivity index (χ0n) is 19.3. The molecule has 3 aromatic carbocycles. The summed E-state index contributed by atoms with van der Waals surface area (Å²) in [6.07, 6.45) is 2.08. The maximum Gasteiger partial charge on any atom is 0.185 e. The number of Topliss-reactive ketones (excluding diaryl/α,β-unsaturated/α-hetero) is 2. The van der Waals surface area contributed by atoms with Crippen LogP contribution in [0.1, 0.15) is 41.0 Å². The summed E-state index contributed by atoms with van der Waals surface area (Å²) in [5, 5.41) is -0.769. The van der Waals surface area contributed by atoms with Crippen LogP contribution < -0.4 is 0 Å². The van der Waals surface area contributed by atoms with Crippen molar-refractivity contribution in [2.45, 2.75) is 30.4 Å². The van der Waals surface area contributed by atoms with Gasteiger partial charge in [0, 0.05) is 11.1 Å². The zero-order valence-corrected chi connectivity index (χ0v) is 20.1. The molecule has 0 spiro atoms. The number of allylic oxidation sites excluding steroid dienone is 1. The molecule has 0 N–H and O–H groups in total. The Morgan fingerprint density at radius 2 is 1.18 bits per heavy atom. The highest BCUT2D eigenvalue weighted by Gasteiger charge is 2.44. The minimum Gasteiger partial charge on any atom is -0.293 e. The van der Waals surface area contributed by atoms with E-state index in [1.54, 1.807) is 78.9 Å². The average Bonchev–Trinajstić information content (AvgIpc) is 3.32. The molecular weight excluding hydrogens is 444 g/mol. The third-order valence-corrected chi connectivity index (χ3v) is 8.63. The Kier molecular flexibility index (Phi) is 6.94. The molecular formula is C29H28O4S. The maximum absolute atomic E-state index is 13.6. The summed E-state index contributed by atoms with van der Waals surface area (Å²) in [6.45, 7) is 3.91. The second kappa shape index (κ2) is 9.90. The predicted octanol–water partition coefficient (Wildman–Crippen LogP) is 5.81. The number of hydrogen-bond donors (Lipinski definition) is 0. The van der Waals surface area contributed by atoms with Gasteiger partial charge in [-0.1, -0.05) is 104 Å². The van der Waals surface area contributed by atoms with E-state index in [0.717, 1.165) is 5.57 Å². The highest BCUT2D eigenvalue weighted by atomic mass is 32.2. The quantitative estimate of drug-likeness (QED) is 0.236. The fourth-order valence-corrected chi connectivity index (χ4v) is 6.80. The lowest BCUT2D eigenvalue weighted by atomic mass is 9.80. The smallest absolute Gasteiger partial charge is 0.185 e. The van der Waals surface area contributed by atoms with Crippen molar-refractivity contribution >= 4 is 21.4 Å². The van der Waals surface area contributed by atoms with Crippen LogP contribution in [0.15, 0.2) is 108 Å². The summed E-state index contributed by atoms with van der Waals surface area (Å²) in [5.74, 6) is -2.10. The summed E-state index contributed by atoms with van der Waals surface area (Å²) < 4.78 is 27.2. The first-order chi connectivity index (χ1) is 16.3. The van der Waals surface area contributed by atoms with Crippen molar-refractivity contribution in [3.05, 3.63) is 114 Å². The predicted molar refractivity (Wildman–Crippen MR) is 133 cm³/mol. The van der Waals surface area contributed by atoms with E-state index in [9.17, 15) is 18.0 Å². The van der Waals surface area contributed by atoms with Crippen molar-refractivity contribution in [3.63, 3.8) is 0 Å². The van der Waals surface area contributed by atoms with E-state index >= 15 is 0 Å². The summed E-state index contributed by atoms with van der Waals surface area (Å²) in [4.78, 5) is 27.6. The fourth-order valence-electron chi connectivity index (χ4n) is 4.75. The zero-order chi connectivity index (χ0) is 24.3. The van der Waals surface area contributed by atoms with Crippen molar-refractivity contribution in [3.8, 4) is 0 Å². The lowest BCUT2D eigenvalue weighted by Gasteiger charge is -2.22. The molecule has 0 heterocycles. The van der Waals surface area contributed by atoms with Gasteiger partial charge in [-0.15, -0.1) is 0 Å². The van der Waals surface area contributed by atoms with Crippen molar-refractivity contribution in [2.24, 2.45) is 17.8 Å². The van der Waals surface area contributed by atoms with Crippen LogP contribution in [0.2, 0.25) is 0 Å². The second-order valence-electron chi connectivity index (χ2n) is 9.01. The molecule has 0 radical (unpaired) electrons. The van der Waals surface area contributed by atoms with Crippen molar-refractivity contribution in [1.82, 2.24) is 0 Å². The van der Waals surface area contributed by atoms with Gasteiger partial charge in [0.2, 0.25) is 0 Å². The Morgan fingerprint density at radius 1 is 0.735 bits per heavy atom. The number of hydrogen-bond acceptors (Lipinski definition) is 4. The molecule has 0 amide bonds. The Labute approximate surface area is 201 Å². The molecule has 1 aliphatic rings. The lowest BCUT2D eigenvalue weighted by molar-refractivity contribution is 0.0770. The number of ketones is 2. The number of sulfone groups is 1. The minimum absolute atomic E-state index is 0.0345. The standard InChI is InChI=1S/C29H28O4S/c1-20(2)25-18-23(19-26(25)34(32,33)24-16-10-5-11-17-24)27(28(30)21-12-6-3-7-13-21)29(31)22-14-8-4-9-15-22/h3-18,20,23,26-27H,19H2,1-2H3. The third-order valence-electron chi connectivity index (χ3n) is 6.49. The van der Waals surface area contributed by atoms with Crippen LogP contribution in [0, 0.1) is 17.8 Å². The first kappa shape index (κ1) is 23.8. The Hall–Kier alpha value is -3.31. The summed E-state index contributed by atoms with van der Waals surface area (Å²) in [7, 11) is -3.67. The molecule has 0 bridgehead atoms. The van der Waals surface area contributed by atoms with Crippen LogP contribution in [0.5, 0.6) is 0 Å². The van der Waals surface area contributed by atoms with Gasteiger partial charge >= 0.3 is 0 Å². The van der Waals surface area contributed by atoms with Crippen LogP contribution in [-0.2, 0) is 9.84 Å². The SMILES string of the molecule is CC(C)C1=CC(C(C(=O)c2ccccc2)C(=O)c2ccccc2)CC1S(=O)(=O)c1ccccc1. The molecule has 4 nitrogen and oxygen atoms in total. The number of carbonyl (C=O) groups is 2. The molecule has 0 fully saturated rings. The molecule has 174 valence electrons. The summed E-state index contributed by atoms with van der Waals surface area (Å²) >= 11 is 0. The number of carbonyl (C=O) groups excluding carboxylic acids is 2. The van der Waals surface area contributed by atoms with E-state index in [0.29, 0.717) is 11.1 Å². The largest absolute Gasteiger partial charge is 0.293 e. The normalized spacial score (nSPS) is 18.2. The monoisotopic (exact) mass is 472 g/mol. The first-order valence-electron chi connectivity index (χ1n) is 11.5. The molecule has 1 aliphatic carbocycles. The van der Waals surface area contributed by atoms with Gasteiger partial charge in [0.1, 0.15) is 0 Å². The fraction of sp³-hybridized carbons (Fsp3) is 0.241. The third kappa shape index (κ3) is 4.66. The molecule has 0 aromatic heterocycles. The summed E-state index contributed by atoms with van der Waals surface area (Å²) in [5.41, 5.74) is 1.66.